The van der Waals surface area contributed by atoms with Crippen LogP contribution in [-0.4, -0.2) is 94.9 Å². The molecule has 3 rings (SSSR count). The van der Waals surface area contributed by atoms with Crippen molar-refractivity contribution < 1.29 is 33.9 Å². The Labute approximate surface area is 251 Å². The lowest BCUT2D eigenvalue weighted by molar-refractivity contribution is -0.142. The quantitative estimate of drug-likeness (QED) is 0.257. The van der Waals surface area contributed by atoms with E-state index in [1.54, 1.807) is 6.92 Å². The van der Waals surface area contributed by atoms with E-state index in [4.69, 9.17) is 0 Å². The van der Waals surface area contributed by atoms with E-state index in [1.165, 1.54) is 18.7 Å². The third-order valence-electron chi connectivity index (χ3n) is 7.75. The van der Waals surface area contributed by atoms with Crippen LogP contribution < -0.4 is 26.6 Å². The number of aliphatic hydroxyl groups excluding tert-OH is 1. The predicted octanol–water partition coefficient (Wildman–Crippen LogP) is -0.730. The Morgan fingerprint density at radius 2 is 1.63 bits per heavy atom. The Bertz CT molecular complexity index is 1160. The molecule has 0 aromatic heterocycles. The van der Waals surface area contributed by atoms with Crippen molar-refractivity contribution in [2.75, 3.05) is 13.1 Å². The van der Waals surface area contributed by atoms with E-state index in [0.29, 0.717) is 38.8 Å². The maximum absolute atomic E-state index is 13.9. The van der Waals surface area contributed by atoms with Gasteiger partial charge in [-0.3, -0.25) is 28.8 Å². The molecular formula is C30H44N6O7. The molecule has 2 heterocycles. The van der Waals surface area contributed by atoms with E-state index in [1.807, 2.05) is 30.3 Å². The molecule has 236 valence electrons. The van der Waals surface area contributed by atoms with Crippen molar-refractivity contribution in [3.63, 3.8) is 0 Å². The molecule has 1 aromatic carbocycles. The number of hydrogen-bond acceptors (Lipinski definition) is 7. The summed E-state index contributed by atoms with van der Waals surface area (Å²) in [6.45, 7) is 4.96. The topological polar surface area (TPSA) is 186 Å². The fraction of sp³-hybridized carbons (Fsp3) is 0.600. The molecule has 0 saturated carbocycles. The zero-order chi connectivity index (χ0) is 31.5. The van der Waals surface area contributed by atoms with Crippen LogP contribution in [0.5, 0.6) is 0 Å². The van der Waals surface area contributed by atoms with E-state index in [2.05, 4.69) is 26.6 Å². The van der Waals surface area contributed by atoms with Gasteiger partial charge in [0, 0.05) is 26.4 Å². The average Bonchev–Trinajstić information content (AvgIpc) is 3.46. The number of carbonyl (C=O) groups excluding carboxylic acids is 6. The highest BCUT2D eigenvalue weighted by atomic mass is 16.3. The second kappa shape index (κ2) is 16.0. The Morgan fingerprint density at radius 3 is 2.28 bits per heavy atom. The molecule has 2 aliphatic heterocycles. The average molecular weight is 601 g/mol. The molecule has 0 unspecified atom stereocenters. The van der Waals surface area contributed by atoms with Crippen LogP contribution in [0.3, 0.4) is 0 Å². The zero-order valence-corrected chi connectivity index (χ0v) is 25.1. The largest absolute Gasteiger partial charge is 0.391 e. The molecule has 2 saturated heterocycles. The fourth-order valence-corrected chi connectivity index (χ4v) is 5.42. The maximum Gasteiger partial charge on any atom is 0.246 e. The highest BCUT2D eigenvalue weighted by molar-refractivity contribution is 5.96. The molecule has 13 heteroatoms. The standard InChI is InChI=1S/C30H44N6O7/c1-4-21-26(39)35-25(18(2)37)29(42)34-23(17-20-11-6-5-7-12-20)30(43)36-16-10-14-24(36)28(41)31-15-9-8-13-22(27(40)33-21)32-19(3)38/h5-7,11-12,18,21-25,37H,4,8-10,13-17H2,1-3H3,(H,31,41)(H,32,38)(H,33,40)(H,34,42)(H,35,39)/t18-,21+,22+,23-,24+,25+/m1/s1. The molecule has 13 nitrogen and oxygen atoms in total. The van der Waals surface area contributed by atoms with Crippen molar-refractivity contribution in [3.8, 4) is 0 Å². The number of fused-ring (bicyclic) bond motifs is 1. The minimum Gasteiger partial charge on any atom is -0.391 e. The van der Waals surface area contributed by atoms with Crippen LogP contribution in [0.2, 0.25) is 0 Å². The van der Waals surface area contributed by atoms with Crippen molar-refractivity contribution >= 4 is 35.4 Å². The van der Waals surface area contributed by atoms with E-state index in [0.717, 1.165) is 5.56 Å². The van der Waals surface area contributed by atoms with E-state index >= 15 is 0 Å². The van der Waals surface area contributed by atoms with Gasteiger partial charge in [0.1, 0.15) is 30.2 Å². The summed E-state index contributed by atoms with van der Waals surface area (Å²) in [7, 11) is 0. The maximum atomic E-state index is 13.9. The van der Waals surface area contributed by atoms with Crippen LogP contribution in [0.15, 0.2) is 30.3 Å². The molecule has 0 aliphatic carbocycles. The van der Waals surface area contributed by atoms with Crippen molar-refractivity contribution in [1.82, 2.24) is 31.5 Å². The molecule has 43 heavy (non-hydrogen) atoms. The van der Waals surface area contributed by atoms with Crippen LogP contribution in [0.4, 0.5) is 0 Å². The first-order valence-corrected chi connectivity index (χ1v) is 15.0. The number of nitrogens with zero attached hydrogens (tertiary/aromatic N) is 1. The fourth-order valence-electron chi connectivity index (χ4n) is 5.42. The Balaban J connectivity index is 1.93. The van der Waals surface area contributed by atoms with Gasteiger partial charge in [0.25, 0.3) is 0 Å². The van der Waals surface area contributed by atoms with Gasteiger partial charge >= 0.3 is 0 Å². The molecule has 0 spiro atoms. The Hall–Kier alpha value is -4.00. The number of benzene rings is 1. The molecule has 0 bridgehead atoms. The summed E-state index contributed by atoms with van der Waals surface area (Å²) < 4.78 is 0. The first-order valence-electron chi connectivity index (χ1n) is 15.0. The van der Waals surface area contributed by atoms with Gasteiger partial charge < -0.3 is 36.6 Å². The van der Waals surface area contributed by atoms with Crippen molar-refractivity contribution in [2.45, 2.75) is 102 Å². The summed E-state index contributed by atoms with van der Waals surface area (Å²) in [5, 5.41) is 23.8. The molecule has 6 amide bonds. The monoisotopic (exact) mass is 600 g/mol. The number of amides is 6. The minimum atomic E-state index is -1.43. The second-order valence-electron chi connectivity index (χ2n) is 11.2. The number of carbonyl (C=O) groups is 6. The number of nitrogens with one attached hydrogen (secondary N) is 5. The summed E-state index contributed by atoms with van der Waals surface area (Å²) in [4.78, 5) is 80.0. The van der Waals surface area contributed by atoms with Crippen LogP contribution in [-0.2, 0) is 35.2 Å². The molecule has 6 N–H and O–H groups in total. The van der Waals surface area contributed by atoms with Gasteiger partial charge in [-0.1, -0.05) is 37.3 Å². The lowest BCUT2D eigenvalue weighted by Crippen LogP contribution is -2.61. The van der Waals surface area contributed by atoms with Gasteiger partial charge in [0.2, 0.25) is 35.4 Å². The highest BCUT2D eigenvalue weighted by Crippen LogP contribution is 2.20. The van der Waals surface area contributed by atoms with Gasteiger partial charge in [-0.05, 0) is 51.0 Å². The van der Waals surface area contributed by atoms with Gasteiger partial charge in [-0.2, -0.15) is 0 Å². The van der Waals surface area contributed by atoms with Crippen molar-refractivity contribution in [2.24, 2.45) is 0 Å². The van der Waals surface area contributed by atoms with Gasteiger partial charge in [-0.25, -0.2) is 0 Å². The van der Waals surface area contributed by atoms with Crippen LogP contribution in [0.25, 0.3) is 0 Å². The molecular weight excluding hydrogens is 556 g/mol. The van der Waals surface area contributed by atoms with Crippen LogP contribution >= 0.6 is 0 Å². The van der Waals surface area contributed by atoms with Crippen molar-refractivity contribution in [1.29, 1.82) is 0 Å². The lowest BCUT2D eigenvalue weighted by atomic mass is 10.0. The van der Waals surface area contributed by atoms with Gasteiger partial charge in [-0.15, -0.1) is 0 Å². The smallest absolute Gasteiger partial charge is 0.246 e. The number of rotatable bonds is 5. The third kappa shape index (κ3) is 9.50. The van der Waals surface area contributed by atoms with Crippen LogP contribution in [0.1, 0.15) is 64.9 Å². The van der Waals surface area contributed by atoms with E-state index in [-0.39, 0.29) is 25.2 Å². The lowest BCUT2D eigenvalue weighted by Gasteiger charge is -2.30. The SMILES string of the molecule is CC[C@@H]1NC(=O)[C@@H](NC(C)=O)CCCCNC(=O)[C@@H]2CCCN2C(=O)[C@@H](Cc2ccccc2)NC(=O)[C@H]([C@@H](C)O)NC1=O. The van der Waals surface area contributed by atoms with E-state index < -0.39 is 65.8 Å². The Morgan fingerprint density at radius 1 is 0.930 bits per heavy atom. The van der Waals surface area contributed by atoms with E-state index in [9.17, 15) is 33.9 Å². The number of hydrogen-bond donors (Lipinski definition) is 6. The summed E-state index contributed by atoms with van der Waals surface area (Å²) in [6, 6.07) is 3.92. The van der Waals surface area contributed by atoms with Crippen molar-refractivity contribution in [3.05, 3.63) is 35.9 Å². The van der Waals surface area contributed by atoms with Gasteiger partial charge in [0.15, 0.2) is 0 Å². The zero-order valence-electron chi connectivity index (χ0n) is 25.1. The summed E-state index contributed by atoms with van der Waals surface area (Å²) in [5.74, 6) is -3.19. The summed E-state index contributed by atoms with van der Waals surface area (Å²) in [5.41, 5.74) is 0.778. The first kappa shape index (κ1) is 33.5. The van der Waals surface area contributed by atoms with Gasteiger partial charge in [0.05, 0.1) is 6.10 Å². The first-order chi connectivity index (χ1) is 20.5. The third-order valence-corrected chi connectivity index (χ3v) is 7.75. The summed E-state index contributed by atoms with van der Waals surface area (Å²) in [6.07, 6.45) is 1.36. The summed E-state index contributed by atoms with van der Waals surface area (Å²) >= 11 is 0. The predicted molar refractivity (Wildman–Crippen MR) is 157 cm³/mol. The second-order valence-corrected chi connectivity index (χ2v) is 11.2. The molecule has 6 atom stereocenters. The normalized spacial score (nSPS) is 27.3. The minimum absolute atomic E-state index is 0.134. The molecule has 1 aromatic rings. The Kier molecular flexibility index (Phi) is 12.5. The molecule has 2 aliphatic rings. The molecule has 0 radical (unpaired) electrons. The molecule has 2 fully saturated rings. The highest BCUT2D eigenvalue weighted by Gasteiger charge is 2.39. The number of aliphatic hydroxyl groups is 1. The van der Waals surface area contributed by atoms with Crippen LogP contribution in [0, 0.1) is 0 Å².